The van der Waals surface area contributed by atoms with Gasteiger partial charge in [-0.2, -0.15) is 10.2 Å². The highest BCUT2D eigenvalue weighted by Gasteiger charge is 2.08. The summed E-state index contributed by atoms with van der Waals surface area (Å²) in [4.78, 5) is 31.7. The van der Waals surface area contributed by atoms with Crippen LogP contribution in [0.2, 0.25) is 0 Å². The van der Waals surface area contributed by atoms with E-state index < -0.39 is 5.91 Å². The fraction of sp³-hybridized carbons (Fsp3) is 0.143. The number of carbonyl (C=O) groups excluding carboxylic acids is 1. The fourth-order valence-electron chi connectivity index (χ4n) is 1.93. The normalized spacial score (nSPS) is 10.5. The first-order valence-corrected chi connectivity index (χ1v) is 6.78. The molecule has 3 rings (SSSR count). The standard InChI is InChI=1S/C14H13N7O2/c1-10-3-4-14(23)21(19-10)8-13(22)18-11-7-12(16-9-15-11)20-6-2-5-17-20/h2-7,9H,8H2,1H3,(H,15,16,18,22). The van der Waals surface area contributed by atoms with Crippen molar-refractivity contribution in [3.05, 3.63) is 59.0 Å². The molecule has 0 aromatic carbocycles. The number of anilines is 1. The quantitative estimate of drug-likeness (QED) is 0.735. The molecule has 1 N–H and O–H groups in total. The Kier molecular flexibility index (Phi) is 3.91. The third-order valence-electron chi connectivity index (χ3n) is 2.95. The topological polar surface area (TPSA) is 108 Å². The van der Waals surface area contributed by atoms with Gasteiger partial charge in [0.2, 0.25) is 5.91 Å². The zero-order chi connectivity index (χ0) is 16.2. The zero-order valence-corrected chi connectivity index (χ0v) is 12.2. The molecule has 0 unspecified atom stereocenters. The summed E-state index contributed by atoms with van der Waals surface area (Å²) in [5, 5.41) is 10.7. The number of rotatable bonds is 4. The lowest BCUT2D eigenvalue weighted by Crippen LogP contribution is -2.29. The monoisotopic (exact) mass is 311 g/mol. The molecule has 0 aliphatic rings. The molecule has 0 fully saturated rings. The van der Waals surface area contributed by atoms with Crippen LogP contribution in [0.15, 0.2) is 47.8 Å². The van der Waals surface area contributed by atoms with Gasteiger partial charge in [-0.3, -0.25) is 9.59 Å². The number of aromatic nitrogens is 6. The highest BCUT2D eigenvalue weighted by Crippen LogP contribution is 2.07. The number of nitrogens with zero attached hydrogens (tertiary/aromatic N) is 6. The molecule has 0 saturated heterocycles. The molecular weight excluding hydrogens is 298 g/mol. The van der Waals surface area contributed by atoms with Gasteiger partial charge in [0, 0.05) is 24.5 Å². The van der Waals surface area contributed by atoms with Crippen molar-refractivity contribution in [1.82, 2.24) is 29.5 Å². The second-order valence-corrected chi connectivity index (χ2v) is 4.73. The van der Waals surface area contributed by atoms with Crippen molar-refractivity contribution < 1.29 is 4.79 Å². The number of aryl methyl sites for hydroxylation is 1. The van der Waals surface area contributed by atoms with E-state index in [1.807, 2.05) is 0 Å². The van der Waals surface area contributed by atoms with E-state index in [0.29, 0.717) is 17.3 Å². The average Bonchev–Trinajstić information content (AvgIpc) is 3.05. The minimum atomic E-state index is -0.407. The lowest BCUT2D eigenvalue weighted by atomic mass is 10.4. The van der Waals surface area contributed by atoms with E-state index in [9.17, 15) is 9.59 Å². The van der Waals surface area contributed by atoms with Crippen molar-refractivity contribution in [3.63, 3.8) is 0 Å². The Labute approximate surface area is 130 Å². The summed E-state index contributed by atoms with van der Waals surface area (Å²) in [5.74, 6) is 0.428. The van der Waals surface area contributed by atoms with E-state index in [2.05, 4.69) is 25.5 Å². The molecule has 0 aliphatic heterocycles. The number of nitrogens with one attached hydrogen (secondary N) is 1. The summed E-state index contributed by atoms with van der Waals surface area (Å²) in [6.45, 7) is 1.55. The van der Waals surface area contributed by atoms with Crippen molar-refractivity contribution in [1.29, 1.82) is 0 Å². The van der Waals surface area contributed by atoms with Crippen LogP contribution in [0, 0.1) is 6.92 Å². The van der Waals surface area contributed by atoms with Crippen molar-refractivity contribution in [2.24, 2.45) is 0 Å². The maximum atomic E-state index is 12.0. The van der Waals surface area contributed by atoms with Crippen LogP contribution in [0.1, 0.15) is 5.69 Å². The molecule has 9 nitrogen and oxygen atoms in total. The molecule has 23 heavy (non-hydrogen) atoms. The van der Waals surface area contributed by atoms with Crippen LogP contribution >= 0.6 is 0 Å². The van der Waals surface area contributed by atoms with Gasteiger partial charge >= 0.3 is 0 Å². The van der Waals surface area contributed by atoms with E-state index >= 15 is 0 Å². The summed E-state index contributed by atoms with van der Waals surface area (Å²) >= 11 is 0. The Morgan fingerprint density at radius 1 is 1.30 bits per heavy atom. The second kappa shape index (κ2) is 6.18. The molecule has 3 heterocycles. The smallest absolute Gasteiger partial charge is 0.267 e. The molecule has 0 atom stereocenters. The Balaban J connectivity index is 1.74. The predicted octanol–water partition coefficient (Wildman–Crippen LogP) is 0.166. The molecule has 1 amide bonds. The van der Waals surface area contributed by atoms with Gasteiger partial charge in [0.1, 0.15) is 18.7 Å². The fourth-order valence-corrected chi connectivity index (χ4v) is 1.93. The molecule has 3 aromatic rings. The lowest BCUT2D eigenvalue weighted by Gasteiger charge is -2.07. The summed E-state index contributed by atoms with van der Waals surface area (Å²) in [7, 11) is 0. The molecule has 0 spiro atoms. The number of carbonyl (C=O) groups is 1. The molecular formula is C14H13N7O2. The van der Waals surface area contributed by atoms with Crippen LogP contribution in [0.3, 0.4) is 0 Å². The summed E-state index contributed by atoms with van der Waals surface area (Å²) < 4.78 is 2.64. The van der Waals surface area contributed by atoms with Crippen LogP contribution in [0.5, 0.6) is 0 Å². The van der Waals surface area contributed by atoms with E-state index in [-0.39, 0.29) is 12.1 Å². The first-order chi connectivity index (χ1) is 11.1. The zero-order valence-electron chi connectivity index (χ0n) is 12.2. The Hall–Kier alpha value is -3.36. The summed E-state index contributed by atoms with van der Waals surface area (Å²) in [5.41, 5.74) is 0.311. The maximum Gasteiger partial charge on any atom is 0.267 e. The Bertz CT molecular complexity index is 886. The third kappa shape index (κ3) is 3.46. The van der Waals surface area contributed by atoms with Gasteiger partial charge < -0.3 is 5.32 Å². The molecule has 0 bridgehead atoms. The van der Waals surface area contributed by atoms with Gasteiger partial charge in [0.25, 0.3) is 5.56 Å². The SMILES string of the molecule is Cc1ccc(=O)n(CC(=O)Nc2cc(-n3cccn3)ncn2)n1. The lowest BCUT2D eigenvalue weighted by molar-refractivity contribution is -0.117. The minimum Gasteiger partial charge on any atom is -0.309 e. The van der Waals surface area contributed by atoms with Crippen LogP contribution in [-0.4, -0.2) is 35.4 Å². The highest BCUT2D eigenvalue weighted by molar-refractivity contribution is 5.89. The first-order valence-electron chi connectivity index (χ1n) is 6.78. The first kappa shape index (κ1) is 14.6. The van der Waals surface area contributed by atoms with Crippen molar-refractivity contribution >= 4 is 11.7 Å². The van der Waals surface area contributed by atoms with Gasteiger partial charge in [-0.1, -0.05) is 0 Å². The Morgan fingerprint density at radius 3 is 2.96 bits per heavy atom. The number of hydrogen-bond acceptors (Lipinski definition) is 6. The van der Waals surface area contributed by atoms with Crippen LogP contribution in [-0.2, 0) is 11.3 Å². The van der Waals surface area contributed by atoms with Crippen molar-refractivity contribution in [3.8, 4) is 5.82 Å². The highest BCUT2D eigenvalue weighted by atomic mass is 16.2. The van der Waals surface area contributed by atoms with Gasteiger partial charge in [0.15, 0.2) is 5.82 Å². The van der Waals surface area contributed by atoms with Gasteiger partial charge in [-0.05, 0) is 19.1 Å². The third-order valence-corrected chi connectivity index (χ3v) is 2.95. The molecule has 9 heteroatoms. The predicted molar refractivity (Wildman–Crippen MR) is 81.0 cm³/mol. The van der Waals surface area contributed by atoms with E-state index in [0.717, 1.165) is 4.68 Å². The minimum absolute atomic E-state index is 0.193. The molecule has 0 radical (unpaired) electrons. The van der Waals surface area contributed by atoms with Crippen LogP contribution < -0.4 is 10.9 Å². The maximum absolute atomic E-state index is 12.0. The average molecular weight is 311 g/mol. The van der Waals surface area contributed by atoms with Crippen molar-refractivity contribution in [2.75, 3.05) is 5.32 Å². The number of amides is 1. The van der Waals surface area contributed by atoms with E-state index in [4.69, 9.17) is 0 Å². The molecule has 116 valence electrons. The van der Waals surface area contributed by atoms with Crippen molar-refractivity contribution in [2.45, 2.75) is 13.5 Å². The Morgan fingerprint density at radius 2 is 2.17 bits per heavy atom. The second-order valence-electron chi connectivity index (χ2n) is 4.73. The number of hydrogen-bond donors (Lipinski definition) is 1. The molecule has 0 aliphatic carbocycles. The largest absolute Gasteiger partial charge is 0.309 e. The van der Waals surface area contributed by atoms with E-state index in [1.54, 1.807) is 42.2 Å². The molecule has 3 aromatic heterocycles. The van der Waals surface area contributed by atoms with Crippen LogP contribution in [0.25, 0.3) is 5.82 Å². The van der Waals surface area contributed by atoms with Gasteiger partial charge in [-0.25, -0.2) is 19.3 Å². The molecule has 0 saturated carbocycles. The summed E-state index contributed by atoms with van der Waals surface area (Å²) in [6, 6.07) is 6.31. The van der Waals surface area contributed by atoms with E-state index in [1.165, 1.54) is 12.4 Å². The van der Waals surface area contributed by atoms with Crippen LogP contribution in [0.4, 0.5) is 5.82 Å². The van der Waals surface area contributed by atoms with Gasteiger partial charge in [0.05, 0.1) is 5.69 Å². The summed E-state index contributed by atoms with van der Waals surface area (Å²) in [6.07, 6.45) is 4.67. The van der Waals surface area contributed by atoms with Gasteiger partial charge in [-0.15, -0.1) is 0 Å².